The molecule has 0 amide bonds. The number of esters is 1. The molecule has 2 unspecified atom stereocenters. The second kappa shape index (κ2) is 6.33. The Morgan fingerprint density at radius 1 is 1.45 bits per heavy atom. The fraction of sp³-hybridized carbons (Fsp3) is 0.688. The molecule has 1 aromatic heterocycles. The predicted molar refractivity (Wildman–Crippen MR) is 77.8 cm³/mol. The first-order chi connectivity index (χ1) is 9.52. The van der Waals surface area contributed by atoms with Gasteiger partial charge in [-0.3, -0.25) is 0 Å². The molecule has 0 spiro atoms. The van der Waals surface area contributed by atoms with E-state index in [-0.39, 0.29) is 11.9 Å². The second-order valence-corrected chi connectivity index (χ2v) is 6.02. The highest BCUT2D eigenvalue weighted by Crippen LogP contribution is 2.36. The van der Waals surface area contributed by atoms with Crippen LogP contribution < -0.4 is 0 Å². The Morgan fingerprint density at radius 3 is 2.75 bits per heavy atom. The van der Waals surface area contributed by atoms with Crippen molar-refractivity contribution >= 4 is 5.97 Å². The third-order valence-corrected chi connectivity index (χ3v) is 3.94. The van der Waals surface area contributed by atoms with E-state index in [0.29, 0.717) is 18.1 Å². The first kappa shape index (κ1) is 14.9. The Labute approximate surface area is 121 Å². The number of hydrogen-bond donors (Lipinski definition) is 0. The minimum absolute atomic E-state index is 0.190. The molecule has 0 aromatic carbocycles. The Hall–Kier alpha value is -1.45. The molecular weight excluding hydrogens is 252 g/mol. The van der Waals surface area contributed by atoms with Crippen LogP contribution in [0.3, 0.4) is 0 Å². The van der Waals surface area contributed by atoms with Gasteiger partial charge >= 0.3 is 5.97 Å². The predicted octanol–water partition coefficient (Wildman–Crippen LogP) is 3.68. The van der Waals surface area contributed by atoms with Crippen molar-refractivity contribution in [1.82, 2.24) is 9.97 Å². The summed E-state index contributed by atoms with van der Waals surface area (Å²) in [5, 5.41) is 0. The molecule has 4 heteroatoms. The van der Waals surface area contributed by atoms with Crippen LogP contribution in [0.15, 0.2) is 6.20 Å². The van der Waals surface area contributed by atoms with E-state index in [1.807, 2.05) is 20.8 Å². The maximum Gasteiger partial charge on any atom is 0.341 e. The van der Waals surface area contributed by atoms with Gasteiger partial charge < -0.3 is 4.74 Å². The molecule has 0 aliphatic heterocycles. The van der Waals surface area contributed by atoms with E-state index in [4.69, 9.17) is 4.74 Å². The standard InChI is InChI=1S/C16H24N2O2/c1-5-20-16(19)13-9-17-15(18-14(13)10(2)3)12-7-6-11(4)8-12/h9-12H,5-8H2,1-4H3. The van der Waals surface area contributed by atoms with E-state index in [1.54, 1.807) is 6.20 Å². The van der Waals surface area contributed by atoms with Gasteiger partial charge in [0.05, 0.1) is 17.9 Å². The molecule has 2 rings (SSSR count). The maximum atomic E-state index is 12.0. The van der Waals surface area contributed by atoms with Crippen molar-refractivity contribution in [1.29, 1.82) is 0 Å². The van der Waals surface area contributed by atoms with E-state index in [0.717, 1.165) is 30.3 Å². The maximum absolute atomic E-state index is 12.0. The lowest BCUT2D eigenvalue weighted by atomic mass is 10.0. The number of carbonyl (C=O) groups is 1. The Bertz CT molecular complexity index is 485. The summed E-state index contributed by atoms with van der Waals surface area (Å²) in [6.45, 7) is 8.55. The van der Waals surface area contributed by atoms with Gasteiger partial charge in [-0.05, 0) is 38.0 Å². The molecule has 0 N–H and O–H groups in total. The molecular formula is C16H24N2O2. The van der Waals surface area contributed by atoms with Gasteiger partial charge in [-0.15, -0.1) is 0 Å². The summed E-state index contributed by atoms with van der Waals surface area (Å²) in [5.74, 6) is 1.96. The smallest absolute Gasteiger partial charge is 0.341 e. The van der Waals surface area contributed by atoms with Crippen molar-refractivity contribution in [2.24, 2.45) is 5.92 Å². The molecule has 0 radical (unpaired) electrons. The monoisotopic (exact) mass is 276 g/mol. The summed E-state index contributed by atoms with van der Waals surface area (Å²) in [7, 11) is 0. The van der Waals surface area contributed by atoms with Crippen LogP contribution >= 0.6 is 0 Å². The van der Waals surface area contributed by atoms with Crippen LogP contribution in [-0.4, -0.2) is 22.5 Å². The average Bonchev–Trinajstić information content (AvgIpc) is 2.85. The molecule has 1 saturated carbocycles. The van der Waals surface area contributed by atoms with Crippen molar-refractivity contribution < 1.29 is 9.53 Å². The highest BCUT2D eigenvalue weighted by atomic mass is 16.5. The molecule has 1 aliphatic carbocycles. The Kier molecular flexibility index (Phi) is 4.73. The van der Waals surface area contributed by atoms with Crippen molar-refractivity contribution in [2.45, 2.75) is 58.8 Å². The summed E-state index contributed by atoms with van der Waals surface area (Å²) >= 11 is 0. The van der Waals surface area contributed by atoms with Gasteiger partial charge in [-0.1, -0.05) is 20.8 Å². The van der Waals surface area contributed by atoms with Gasteiger partial charge in [0, 0.05) is 12.1 Å². The minimum Gasteiger partial charge on any atom is -0.462 e. The van der Waals surface area contributed by atoms with Crippen LogP contribution in [0.2, 0.25) is 0 Å². The number of rotatable bonds is 4. The summed E-state index contributed by atoms with van der Waals surface area (Å²) in [4.78, 5) is 21.1. The molecule has 2 atom stereocenters. The van der Waals surface area contributed by atoms with E-state index < -0.39 is 0 Å². The fourth-order valence-corrected chi connectivity index (χ4v) is 2.85. The van der Waals surface area contributed by atoms with Crippen LogP contribution in [0, 0.1) is 5.92 Å². The summed E-state index contributed by atoms with van der Waals surface area (Å²) < 4.78 is 5.08. The second-order valence-electron chi connectivity index (χ2n) is 6.02. The molecule has 20 heavy (non-hydrogen) atoms. The molecule has 1 heterocycles. The van der Waals surface area contributed by atoms with Gasteiger partial charge in [0.15, 0.2) is 0 Å². The highest BCUT2D eigenvalue weighted by molar-refractivity contribution is 5.90. The minimum atomic E-state index is -0.317. The lowest BCUT2D eigenvalue weighted by Gasteiger charge is -2.14. The molecule has 4 nitrogen and oxygen atoms in total. The number of nitrogens with zero attached hydrogens (tertiary/aromatic N) is 2. The third-order valence-electron chi connectivity index (χ3n) is 3.94. The SMILES string of the molecule is CCOC(=O)c1cnc(C2CCC(C)C2)nc1C(C)C. The summed E-state index contributed by atoms with van der Waals surface area (Å²) in [6.07, 6.45) is 5.19. The topological polar surface area (TPSA) is 52.1 Å². The summed E-state index contributed by atoms with van der Waals surface area (Å²) in [6, 6.07) is 0. The highest BCUT2D eigenvalue weighted by Gasteiger charge is 2.27. The zero-order valence-corrected chi connectivity index (χ0v) is 12.8. The first-order valence-corrected chi connectivity index (χ1v) is 7.56. The molecule has 1 fully saturated rings. The van der Waals surface area contributed by atoms with Crippen molar-refractivity contribution in [2.75, 3.05) is 6.61 Å². The van der Waals surface area contributed by atoms with E-state index >= 15 is 0 Å². The number of ether oxygens (including phenoxy) is 1. The largest absolute Gasteiger partial charge is 0.462 e. The van der Waals surface area contributed by atoms with Crippen LogP contribution in [0.1, 0.15) is 80.7 Å². The number of carbonyl (C=O) groups excluding carboxylic acids is 1. The van der Waals surface area contributed by atoms with Gasteiger partial charge in [0.1, 0.15) is 5.82 Å². The van der Waals surface area contributed by atoms with Crippen LogP contribution in [0.4, 0.5) is 0 Å². The zero-order chi connectivity index (χ0) is 14.7. The normalized spacial score (nSPS) is 22.2. The summed E-state index contributed by atoms with van der Waals surface area (Å²) in [5.41, 5.74) is 1.32. The third kappa shape index (κ3) is 3.17. The quantitative estimate of drug-likeness (QED) is 0.787. The van der Waals surface area contributed by atoms with Crippen molar-refractivity contribution in [3.63, 3.8) is 0 Å². The lowest BCUT2D eigenvalue weighted by molar-refractivity contribution is 0.0523. The zero-order valence-electron chi connectivity index (χ0n) is 12.8. The van der Waals surface area contributed by atoms with Crippen LogP contribution in [0.25, 0.3) is 0 Å². The van der Waals surface area contributed by atoms with Crippen LogP contribution in [0.5, 0.6) is 0 Å². The van der Waals surface area contributed by atoms with Crippen molar-refractivity contribution in [3.05, 3.63) is 23.3 Å². The van der Waals surface area contributed by atoms with E-state index in [1.165, 1.54) is 6.42 Å². The average molecular weight is 276 g/mol. The van der Waals surface area contributed by atoms with Crippen LogP contribution in [-0.2, 0) is 4.74 Å². The van der Waals surface area contributed by atoms with Gasteiger partial charge in [-0.2, -0.15) is 0 Å². The molecule has 0 bridgehead atoms. The molecule has 1 aliphatic rings. The number of aromatic nitrogens is 2. The molecule has 0 saturated heterocycles. The molecule has 110 valence electrons. The van der Waals surface area contributed by atoms with Gasteiger partial charge in [0.2, 0.25) is 0 Å². The van der Waals surface area contributed by atoms with E-state index in [2.05, 4.69) is 16.9 Å². The Morgan fingerprint density at radius 2 is 2.20 bits per heavy atom. The lowest BCUT2D eigenvalue weighted by Crippen LogP contribution is -2.14. The van der Waals surface area contributed by atoms with Gasteiger partial charge in [0.25, 0.3) is 0 Å². The Balaban J connectivity index is 2.30. The molecule has 1 aromatic rings. The first-order valence-electron chi connectivity index (χ1n) is 7.56. The van der Waals surface area contributed by atoms with Gasteiger partial charge in [-0.25, -0.2) is 14.8 Å². The number of hydrogen-bond acceptors (Lipinski definition) is 4. The van der Waals surface area contributed by atoms with Crippen molar-refractivity contribution in [3.8, 4) is 0 Å². The van der Waals surface area contributed by atoms with E-state index in [9.17, 15) is 4.79 Å². The fourth-order valence-electron chi connectivity index (χ4n) is 2.85.